The van der Waals surface area contributed by atoms with Crippen LogP contribution in [-0.4, -0.2) is 19.4 Å². The van der Waals surface area contributed by atoms with Crippen molar-refractivity contribution in [1.29, 1.82) is 0 Å². The molecule has 0 bridgehead atoms. The van der Waals surface area contributed by atoms with E-state index in [4.69, 9.17) is 4.74 Å². The number of hydrogen-bond acceptors (Lipinski definition) is 3. The van der Waals surface area contributed by atoms with Crippen molar-refractivity contribution >= 4 is 22.0 Å². The van der Waals surface area contributed by atoms with Crippen LogP contribution in [0.15, 0.2) is 29.3 Å². The number of hydrogen-bond donors (Lipinski definition) is 0. The largest absolute Gasteiger partial charge is 1.00 e. The van der Waals surface area contributed by atoms with E-state index in [2.05, 4.69) is 6.92 Å². The summed E-state index contributed by atoms with van der Waals surface area (Å²) in [7, 11) is 0. The third kappa shape index (κ3) is 3.65. The van der Waals surface area contributed by atoms with Crippen molar-refractivity contribution in [2.75, 3.05) is 0 Å². The van der Waals surface area contributed by atoms with E-state index >= 15 is 0 Å². The second-order valence-corrected chi connectivity index (χ2v) is 5.65. The summed E-state index contributed by atoms with van der Waals surface area (Å²) in [6.45, 7) is 6.71. The van der Waals surface area contributed by atoms with Crippen LogP contribution in [-0.2, 0) is 17.6 Å². The van der Waals surface area contributed by atoms with E-state index in [0.29, 0.717) is 16.0 Å². The Morgan fingerprint density at radius 1 is 1.40 bits per heavy atom. The molecule has 104 valence electrons. The number of aromatic nitrogens is 1. The normalized spacial score (nSPS) is 12.4. The maximum atomic E-state index is 11.4. The average molecular weight is 303 g/mol. The van der Waals surface area contributed by atoms with Gasteiger partial charge in [0.25, 0.3) is 0 Å². The Morgan fingerprint density at radius 3 is 2.65 bits per heavy atom. The smallest absolute Gasteiger partial charge is 0.768 e. The fourth-order valence-corrected chi connectivity index (χ4v) is 2.77. The molecule has 0 radical (unpaired) electrons. The van der Waals surface area contributed by atoms with Crippen LogP contribution in [0.2, 0.25) is 0 Å². The van der Waals surface area contributed by atoms with E-state index in [1.54, 1.807) is 6.20 Å². The fraction of sp³-hybridized carbons (Fsp3) is 0.429. The monoisotopic (exact) mass is 303 g/mol. The topological polar surface area (TPSA) is 54.3 Å². The van der Waals surface area contributed by atoms with Gasteiger partial charge in [-0.25, -0.2) is 0 Å². The van der Waals surface area contributed by atoms with Crippen molar-refractivity contribution in [1.82, 2.24) is 4.57 Å². The Morgan fingerprint density at radius 2 is 2.10 bits per heavy atom. The Bertz CT molecular complexity index is 610. The molecule has 0 aliphatic heterocycles. The van der Waals surface area contributed by atoms with E-state index in [1.807, 2.05) is 36.6 Å². The molecule has 0 N–H and O–H groups in total. The zero-order valence-corrected chi connectivity index (χ0v) is 15.2. The van der Waals surface area contributed by atoms with Gasteiger partial charge in [-0.1, -0.05) is 13.0 Å². The van der Waals surface area contributed by atoms with Gasteiger partial charge in [0.05, 0.1) is 21.9 Å². The van der Waals surface area contributed by atoms with Crippen LogP contribution < -0.4 is 34.3 Å². The molecule has 1 unspecified atom stereocenters. The molecule has 0 aliphatic rings. The van der Waals surface area contributed by atoms with Crippen molar-refractivity contribution in [2.45, 2.75) is 44.7 Å². The fourth-order valence-electron chi connectivity index (χ4n) is 2.19. The Labute approximate surface area is 144 Å². The SMILES string of the molecule is CCCn1cc(S(=O)[O-])c2c(OC(C)C)cccc21.[Na+]. The summed E-state index contributed by atoms with van der Waals surface area (Å²) in [6, 6.07) is 5.63. The molecule has 1 heterocycles. The van der Waals surface area contributed by atoms with E-state index in [0.717, 1.165) is 18.5 Å². The van der Waals surface area contributed by atoms with Crippen LogP contribution in [0.4, 0.5) is 0 Å². The van der Waals surface area contributed by atoms with Crippen molar-refractivity contribution < 1.29 is 43.1 Å². The zero-order valence-electron chi connectivity index (χ0n) is 12.4. The summed E-state index contributed by atoms with van der Waals surface area (Å²) in [4.78, 5) is 0.305. The number of benzene rings is 1. The van der Waals surface area contributed by atoms with Gasteiger partial charge in [0, 0.05) is 12.7 Å². The summed E-state index contributed by atoms with van der Waals surface area (Å²) in [6.07, 6.45) is 2.64. The third-order valence-electron chi connectivity index (χ3n) is 2.84. The first-order valence-electron chi connectivity index (χ1n) is 6.42. The van der Waals surface area contributed by atoms with Gasteiger partial charge < -0.3 is 13.9 Å². The second-order valence-electron chi connectivity index (χ2n) is 4.74. The summed E-state index contributed by atoms with van der Waals surface area (Å²) < 4.78 is 30.5. The first-order valence-corrected chi connectivity index (χ1v) is 7.49. The molecule has 1 aromatic heterocycles. The molecule has 4 nitrogen and oxygen atoms in total. The summed E-state index contributed by atoms with van der Waals surface area (Å²) in [5.41, 5.74) is 0.902. The van der Waals surface area contributed by atoms with Gasteiger partial charge in [0.15, 0.2) is 0 Å². The number of nitrogens with zero attached hydrogens (tertiary/aromatic N) is 1. The van der Waals surface area contributed by atoms with Crippen LogP contribution in [0.5, 0.6) is 5.75 Å². The predicted molar refractivity (Wildman–Crippen MR) is 75.2 cm³/mol. The van der Waals surface area contributed by atoms with Gasteiger partial charge in [-0.3, -0.25) is 4.21 Å². The molecule has 1 aromatic carbocycles. The summed E-state index contributed by atoms with van der Waals surface area (Å²) >= 11 is -2.26. The van der Waals surface area contributed by atoms with Gasteiger partial charge in [-0.05, 0) is 43.5 Å². The van der Waals surface area contributed by atoms with E-state index < -0.39 is 11.1 Å². The molecule has 1 atom stereocenters. The molecule has 0 saturated carbocycles. The van der Waals surface area contributed by atoms with E-state index in [-0.39, 0.29) is 35.7 Å². The van der Waals surface area contributed by atoms with Crippen molar-refractivity contribution in [3.8, 4) is 5.75 Å². The van der Waals surface area contributed by atoms with E-state index in [9.17, 15) is 8.76 Å². The maximum Gasteiger partial charge on any atom is 1.00 e. The minimum Gasteiger partial charge on any atom is -0.768 e. The first-order chi connectivity index (χ1) is 9.04. The number of ether oxygens (including phenoxy) is 1. The molecular formula is C14H18NNaO3S. The van der Waals surface area contributed by atoms with Gasteiger partial charge in [0.1, 0.15) is 5.75 Å². The molecule has 20 heavy (non-hydrogen) atoms. The van der Waals surface area contributed by atoms with Crippen molar-refractivity contribution in [3.63, 3.8) is 0 Å². The predicted octanol–water partition coefficient (Wildman–Crippen LogP) is 0.0805. The molecule has 0 saturated heterocycles. The second kappa shape index (κ2) is 7.61. The third-order valence-corrected chi connectivity index (χ3v) is 3.51. The molecule has 6 heteroatoms. The van der Waals surface area contributed by atoms with Crippen LogP contribution in [0.3, 0.4) is 0 Å². The zero-order chi connectivity index (χ0) is 14.0. The molecule has 0 spiro atoms. The van der Waals surface area contributed by atoms with Crippen LogP contribution in [0.25, 0.3) is 10.9 Å². The molecule has 0 fully saturated rings. The standard InChI is InChI=1S/C14H19NO3S.Na/c1-4-8-15-9-13(19(16)17)14-11(15)6-5-7-12(14)18-10(2)3;/h5-7,9-10H,4,8H2,1-3H3,(H,16,17);/q;+1/p-1. The molecule has 0 amide bonds. The van der Waals surface area contributed by atoms with Crippen LogP contribution in [0.1, 0.15) is 27.2 Å². The van der Waals surface area contributed by atoms with Gasteiger partial charge >= 0.3 is 29.6 Å². The number of fused-ring (bicyclic) bond motifs is 1. The quantitative estimate of drug-likeness (QED) is 0.581. The van der Waals surface area contributed by atoms with Gasteiger partial charge in [-0.2, -0.15) is 0 Å². The summed E-state index contributed by atoms with van der Waals surface area (Å²) in [5.74, 6) is 0.626. The van der Waals surface area contributed by atoms with Crippen molar-refractivity contribution in [2.24, 2.45) is 0 Å². The minimum absolute atomic E-state index is 0. The molecular weight excluding hydrogens is 285 g/mol. The number of rotatable bonds is 5. The van der Waals surface area contributed by atoms with Crippen LogP contribution >= 0.6 is 0 Å². The van der Waals surface area contributed by atoms with Gasteiger partial charge in [0.2, 0.25) is 0 Å². The Kier molecular flexibility index (Phi) is 6.75. The number of aryl methyl sites for hydroxylation is 1. The van der Waals surface area contributed by atoms with E-state index in [1.165, 1.54) is 0 Å². The first kappa shape index (κ1) is 17.7. The Balaban J connectivity index is 0.00000200. The molecule has 2 aromatic rings. The van der Waals surface area contributed by atoms with Crippen molar-refractivity contribution in [3.05, 3.63) is 24.4 Å². The molecule has 0 aliphatic carbocycles. The van der Waals surface area contributed by atoms with Crippen LogP contribution in [0, 0.1) is 0 Å². The summed E-state index contributed by atoms with van der Waals surface area (Å²) in [5, 5.41) is 0.679. The average Bonchev–Trinajstić information content (AvgIpc) is 2.69. The van der Waals surface area contributed by atoms with Gasteiger partial charge in [-0.15, -0.1) is 0 Å². The maximum absolute atomic E-state index is 11.4. The molecule has 2 rings (SSSR count). The minimum atomic E-state index is -2.26. The Hall–Kier alpha value is -0.330.